The zero-order valence-electron chi connectivity index (χ0n) is 22.9. The van der Waals surface area contributed by atoms with Gasteiger partial charge in [0.15, 0.2) is 0 Å². The molecule has 10 nitrogen and oxygen atoms in total. The monoisotopic (exact) mass is 526 g/mol. The number of aryl methyl sites for hydroxylation is 1. The molecule has 2 atom stereocenters. The zero-order valence-corrected chi connectivity index (χ0v) is 22.9. The summed E-state index contributed by atoms with van der Waals surface area (Å²) in [5, 5.41) is 5.34. The maximum absolute atomic E-state index is 13.9. The topological polar surface area (TPSA) is 140 Å². The molecule has 0 aliphatic carbocycles. The molecule has 2 aromatic carbocycles. The summed E-state index contributed by atoms with van der Waals surface area (Å²) in [6.07, 6.45) is -0.817. The van der Waals surface area contributed by atoms with Crippen LogP contribution in [-0.4, -0.2) is 54.0 Å². The van der Waals surface area contributed by atoms with E-state index in [1.54, 1.807) is 64.3 Å². The second kappa shape index (κ2) is 13.5. The molecule has 2 unspecified atom stereocenters. The minimum atomic E-state index is -1.32. The number of nitrogens with one attached hydrogen (secondary N) is 2. The molecule has 0 aliphatic rings. The molecule has 0 aliphatic heterocycles. The minimum Gasteiger partial charge on any atom is -0.497 e. The van der Waals surface area contributed by atoms with Crippen LogP contribution in [0.3, 0.4) is 0 Å². The summed E-state index contributed by atoms with van der Waals surface area (Å²) < 4.78 is 10.5. The van der Waals surface area contributed by atoms with Gasteiger partial charge in [0.1, 0.15) is 23.4 Å². The van der Waals surface area contributed by atoms with E-state index in [-0.39, 0.29) is 6.54 Å². The lowest BCUT2D eigenvalue weighted by Crippen LogP contribution is -2.53. The van der Waals surface area contributed by atoms with E-state index in [9.17, 15) is 19.2 Å². The lowest BCUT2D eigenvalue weighted by molar-refractivity contribution is -0.141. The Bertz CT molecular complexity index is 1130. The van der Waals surface area contributed by atoms with Crippen molar-refractivity contribution in [2.24, 2.45) is 5.73 Å². The van der Waals surface area contributed by atoms with Crippen molar-refractivity contribution in [1.82, 2.24) is 10.2 Å². The van der Waals surface area contributed by atoms with Crippen molar-refractivity contribution in [2.45, 2.75) is 65.1 Å². The Kier molecular flexibility index (Phi) is 10.7. The third kappa shape index (κ3) is 8.79. The van der Waals surface area contributed by atoms with E-state index in [4.69, 9.17) is 15.2 Å². The number of carbonyl (C=O) groups excluding carboxylic acids is 4. The maximum atomic E-state index is 13.9. The predicted molar refractivity (Wildman–Crippen MR) is 145 cm³/mol. The van der Waals surface area contributed by atoms with Crippen LogP contribution in [0.1, 0.15) is 57.7 Å². The van der Waals surface area contributed by atoms with Gasteiger partial charge in [-0.25, -0.2) is 4.79 Å². The van der Waals surface area contributed by atoms with E-state index in [0.717, 1.165) is 5.56 Å². The summed E-state index contributed by atoms with van der Waals surface area (Å²) in [7, 11) is 1.55. The number of amides is 4. The van der Waals surface area contributed by atoms with Gasteiger partial charge in [0.2, 0.25) is 11.8 Å². The van der Waals surface area contributed by atoms with E-state index in [1.807, 2.05) is 26.0 Å². The number of ether oxygens (including phenoxy) is 2. The second-order valence-electron chi connectivity index (χ2n) is 9.88. The number of hydrogen-bond donors (Lipinski definition) is 3. The largest absolute Gasteiger partial charge is 0.497 e. The average molecular weight is 527 g/mol. The number of alkyl carbamates (subject to hydrolysis) is 1. The molecule has 0 aromatic heterocycles. The normalized spacial score (nSPS) is 12.6. The quantitative estimate of drug-likeness (QED) is 0.408. The molecule has 0 fully saturated rings. The minimum absolute atomic E-state index is 0.180. The first kappa shape index (κ1) is 30.1. The highest BCUT2D eigenvalue weighted by molar-refractivity contribution is 6.00. The molecule has 0 heterocycles. The predicted octanol–water partition coefficient (Wildman–Crippen LogP) is 3.69. The molecular weight excluding hydrogens is 488 g/mol. The van der Waals surface area contributed by atoms with Crippen molar-refractivity contribution in [1.29, 1.82) is 0 Å². The maximum Gasteiger partial charge on any atom is 0.408 e. The van der Waals surface area contributed by atoms with Crippen LogP contribution in [0.15, 0.2) is 48.5 Å². The molecule has 2 aromatic rings. The third-order valence-electron chi connectivity index (χ3n) is 5.54. The van der Waals surface area contributed by atoms with Gasteiger partial charge in [0.05, 0.1) is 13.5 Å². The number of benzene rings is 2. The highest BCUT2D eigenvalue weighted by Gasteiger charge is 2.37. The lowest BCUT2D eigenvalue weighted by atomic mass is 9.97. The molecule has 4 N–H and O–H groups in total. The first-order valence-corrected chi connectivity index (χ1v) is 12.4. The Morgan fingerprint density at radius 2 is 1.66 bits per heavy atom. The number of methoxy groups -OCH3 is 1. The molecule has 0 radical (unpaired) electrons. The van der Waals surface area contributed by atoms with Crippen LogP contribution in [0, 0.1) is 6.92 Å². The SMILES string of the molecule is CCCN(C(=O)C(CC(N)=O)NC(=O)OC(C)(C)C)C(C(=O)Nc1ccc(OC)cc1)c1ccccc1C. The standard InChI is InChI=1S/C28H38N4O6/c1-7-16-32(26(35)22(17-23(29)33)31-27(36)38-28(3,4)5)24(21-11-9-8-10-18(21)2)25(34)30-19-12-14-20(37-6)15-13-19/h8-15,22,24H,7,16-17H2,1-6H3,(H2,29,33)(H,30,34)(H,31,36). The summed E-state index contributed by atoms with van der Waals surface area (Å²) in [6.45, 7) is 8.92. The molecule has 206 valence electrons. The fraction of sp³-hybridized carbons (Fsp3) is 0.429. The Morgan fingerprint density at radius 1 is 1.03 bits per heavy atom. The number of anilines is 1. The molecule has 10 heteroatoms. The van der Waals surface area contributed by atoms with Gasteiger partial charge in [-0.15, -0.1) is 0 Å². The Labute approximate surface area is 223 Å². The Balaban J connectivity index is 2.50. The zero-order chi connectivity index (χ0) is 28.5. The fourth-order valence-electron chi connectivity index (χ4n) is 3.89. The average Bonchev–Trinajstić information content (AvgIpc) is 2.83. The van der Waals surface area contributed by atoms with Gasteiger partial charge in [0, 0.05) is 12.2 Å². The van der Waals surface area contributed by atoms with Gasteiger partial charge in [-0.1, -0.05) is 31.2 Å². The second-order valence-corrected chi connectivity index (χ2v) is 9.88. The van der Waals surface area contributed by atoms with Gasteiger partial charge < -0.3 is 30.7 Å². The Morgan fingerprint density at radius 3 is 2.18 bits per heavy atom. The van der Waals surface area contributed by atoms with E-state index < -0.39 is 47.9 Å². The van der Waals surface area contributed by atoms with Crippen molar-refractivity contribution in [3.8, 4) is 5.75 Å². The smallest absolute Gasteiger partial charge is 0.408 e. The van der Waals surface area contributed by atoms with Gasteiger partial charge in [-0.2, -0.15) is 0 Å². The van der Waals surface area contributed by atoms with Crippen LogP contribution < -0.4 is 21.1 Å². The van der Waals surface area contributed by atoms with Gasteiger partial charge in [0.25, 0.3) is 5.91 Å². The van der Waals surface area contributed by atoms with Crippen LogP contribution in [0.25, 0.3) is 0 Å². The number of carbonyl (C=O) groups is 4. The van der Waals surface area contributed by atoms with E-state index in [1.165, 1.54) is 4.90 Å². The number of rotatable bonds is 11. The van der Waals surface area contributed by atoms with Crippen molar-refractivity contribution in [3.63, 3.8) is 0 Å². The van der Waals surface area contributed by atoms with Crippen molar-refractivity contribution in [3.05, 3.63) is 59.7 Å². The summed E-state index contributed by atoms with van der Waals surface area (Å²) in [6, 6.07) is 11.7. The van der Waals surface area contributed by atoms with Crippen molar-refractivity contribution in [2.75, 3.05) is 19.0 Å². The molecule has 2 rings (SSSR count). The van der Waals surface area contributed by atoms with Crippen LogP contribution in [0.2, 0.25) is 0 Å². The summed E-state index contributed by atoms with van der Waals surface area (Å²) in [5.41, 5.74) is 6.50. The molecule has 38 heavy (non-hydrogen) atoms. The number of nitrogens with two attached hydrogens (primary N) is 1. The van der Waals surface area contributed by atoms with Crippen LogP contribution in [0.4, 0.5) is 10.5 Å². The summed E-state index contributed by atoms with van der Waals surface area (Å²) in [4.78, 5) is 53.4. The van der Waals surface area contributed by atoms with Gasteiger partial charge in [-0.05, 0) is 69.5 Å². The summed E-state index contributed by atoms with van der Waals surface area (Å²) >= 11 is 0. The van der Waals surface area contributed by atoms with E-state index in [2.05, 4.69) is 10.6 Å². The lowest BCUT2D eigenvalue weighted by Gasteiger charge is -2.34. The van der Waals surface area contributed by atoms with Crippen LogP contribution >= 0.6 is 0 Å². The highest BCUT2D eigenvalue weighted by atomic mass is 16.6. The van der Waals surface area contributed by atoms with Crippen LogP contribution in [0.5, 0.6) is 5.75 Å². The van der Waals surface area contributed by atoms with Gasteiger partial charge >= 0.3 is 6.09 Å². The summed E-state index contributed by atoms with van der Waals surface area (Å²) in [5.74, 6) is -1.24. The molecule has 4 amide bonds. The number of hydrogen-bond acceptors (Lipinski definition) is 6. The van der Waals surface area contributed by atoms with Crippen molar-refractivity contribution >= 4 is 29.5 Å². The fourth-order valence-corrected chi connectivity index (χ4v) is 3.89. The molecule has 0 saturated heterocycles. The van der Waals surface area contributed by atoms with E-state index >= 15 is 0 Å². The van der Waals surface area contributed by atoms with Crippen LogP contribution in [-0.2, 0) is 19.1 Å². The van der Waals surface area contributed by atoms with E-state index in [0.29, 0.717) is 23.4 Å². The van der Waals surface area contributed by atoms with Gasteiger partial charge in [-0.3, -0.25) is 14.4 Å². The molecule has 0 spiro atoms. The first-order chi connectivity index (χ1) is 17.9. The molecule has 0 saturated carbocycles. The number of nitrogens with zero attached hydrogens (tertiary/aromatic N) is 1. The third-order valence-corrected chi connectivity index (χ3v) is 5.54. The first-order valence-electron chi connectivity index (χ1n) is 12.4. The highest BCUT2D eigenvalue weighted by Crippen LogP contribution is 2.28. The number of primary amides is 1. The Hall–Kier alpha value is -4.08. The van der Waals surface area contributed by atoms with Crippen molar-refractivity contribution < 1.29 is 28.7 Å². The molecular formula is C28H38N4O6. The molecule has 0 bridgehead atoms.